The van der Waals surface area contributed by atoms with Gasteiger partial charge in [-0.25, -0.2) is 0 Å². The number of halogens is 1. The summed E-state index contributed by atoms with van der Waals surface area (Å²) in [5.41, 5.74) is 0.539. The lowest BCUT2D eigenvalue weighted by molar-refractivity contribution is 0.0824. The molecule has 13 heteroatoms. The molecule has 192 valence electrons. The number of nitrogens with zero attached hydrogens (tertiary/aromatic N) is 3. The third kappa shape index (κ3) is 5.12. The van der Waals surface area contributed by atoms with E-state index < -0.39 is 27.6 Å². The first kappa shape index (κ1) is 25.8. The van der Waals surface area contributed by atoms with Crippen LogP contribution in [0.1, 0.15) is 42.7 Å². The molecule has 0 saturated heterocycles. The third-order valence-electron chi connectivity index (χ3n) is 5.51. The van der Waals surface area contributed by atoms with Gasteiger partial charge in [0.15, 0.2) is 28.9 Å². The molecule has 0 aliphatic carbocycles. The first-order valence-electron chi connectivity index (χ1n) is 10.9. The fraction of sp³-hybridized carbons (Fsp3) is 0.348. The Labute approximate surface area is 217 Å². The van der Waals surface area contributed by atoms with Crippen LogP contribution in [0.3, 0.4) is 0 Å². The lowest BCUT2D eigenvalue weighted by Gasteiger charge is -2.32. The van der Waals surface area contributed by atoms with Crippen LogP contribution in [0.15, 0.2) is 43.6 Å². The summed E-state index contributed by atoms with van der Waals surface area (Å²) in [6.45, 7) is 6.10. The first-order valence-corrected chi connectivity index (χ1v) is 13.1. The van der Waals surface area contributed by atoms with Crippen LogP contribution < -0.4 is 20.1 Å². The zero-order valence-corrected chi connectivity index (χ0v) is 22.7. The van der Waals surface area contributed by atoms with Crippen molar-refractivity contribution in [3.63, 3.8) is 0 Å². The summed E-state index contributed by atoms with van der Waals surface area (Å²) in [4.78, 5) is 13.9. The van der Waals surface area contributed by atoms with Gasteiger partial charge in [-0.2, -0.15) is 8.42 Å². The number of carbonyl (C=O) groups is 1. The van der Waals surface area contributed by atoms with E-state index in [1.165, 1.54) is 11.0 Å². The topological polar surface area (TPSA) is 142 Å². The number of aromatic hydroxyl groups is 1. The number of anilines is 1. The average Bonchev–Trinajstić information content (AvgIpc) is 3.35. The summed E-state index contributed by atoms with van der Waals surface area (Å²) < 4.78 is 43.4. The molecule has 1 amide bonds. The van der Waals surface area contributed by atoms with E-state index in [0.29, 0.717) is 16.0 Å². The van der Waals surface area contributed by atoms with Gasteiger partial charge < -0.3 is 30.1 Å². The molecule has 2 aromatic carbocycles. The molecule has 3 N–H and O–H groups in total. The minimum Gasteiger partial charge on any atom is -0.505 e. The molecule has 36 heavy (non-hydrogen) atoms. The lowest BCUT2D eigenvalue weighted by atomic mass is 9.82. The van der Waals surface area contributed by atoms with E-state index in [2.05, 4.69) is 35.4 Å². The van der Waals surface area contributed by atoms with Crippen LogP contribution in [-0.2, 0) is 10.2 Å². The van der Waals surface area contributed by atoms with Crippen molar-refractivity contribution < 1.29 is 27.8 Å². The van der Waals surface area contributed by atoms with Crippen molar-refractivity contribution in [3.8, 4) is 17.2 Å². The molecule has 4 rings (SSSR count). The number of fused-ring (bicyclic) bond motifs is 1. The van der Waals surface area contributed by atoms with Gasteiger partial charge in [0.25, 0.3) is 5.91 Å². The van der Waals surface area contributed by atoms with Gasteiger partial charge in [0.2, 0.25) is 6.79 Å². The highest BCUT2D eigenvalue weighted by molar-refractivity contribution is 9.10. The maximum Gasteiger partial charge on any atom is 0.367 e. The number of rotatable bonds is 4. The first-order chi connectivity index (χ1) is 16.8. The summed E-state index contributed by atoms with van der Waals surface area (Å²) in [6.07, 6.45) is 0. The normalized spacial score (nSPS) is 16.7. The second-order valence-corrected chi connectivity index (χ2v) is 11.6. The molecule has 2 aliphatic rings. The predicted octanol–water partition coefficient (Wildman–Crippen LogP) is 3.43. The van der Waals surface area contributed by atoms with Crippen LogP contribution in [0.4, 0.5) is 5.69 Å². The number of hydrogen-bond donors (Lipinski definition) is 3. The van der Waals surface area contributed by atoms with Crippen LogP contribution in [0.2, 0.25) is 0 Å². The highest BCUT2D eigenvalue weighted by Gasteiger charge is 2.34. The zero-order valence-electron chi connectivity index (χ0n) is 20.3. The smallest absolute Gasteiger partial charge is 0.367 e. The van der Waals surface area contributed by atoms with Gasteiger partial charge in [-0.1, -0.05) is 26.8 Å². The van der Waals surface area contributed by atoms with E-state index in [4.69, 9.17) is 9.47 Å². The highest BCUT2D eigenvalue weighted by Crippen LogP contribution is 2.40. The maximum atomic E-state index is 12.6. The number of hydrogen-bond acceptors (Lipinski definition) is 8. The predicted molar refractivity (Wildman–Crippen MR) is 139 cm³/mol. The van der Waals surface area contributed by atoms with Crippen molar-refractivity contribution in [1.82, 2.24) is 10.2 Å². The Hall–Kier alpha value is -3.32. The minimum atomic E-state index is -4.17. The van der Waals surface area contributed by atoms with Gasteiger partial charge in [0, 0.05) is 18.6 Å². The Morgan fingerprint density at radius 1 is 1.11 bits per heavy atom. The van der Waals surface area contributed by atoms with Crippen LogP contribution in [-0.4, -0.2) is 56.9 Å². The number of phenolic OH excluding ortho intramolecular Hbond substituents is 1. The summed E-state index contributed by atoms with van der Waals surface area (Å²) in [5, 5.41) is 16.8. The van der Waals surface area contributed by atoms with E-state index in [0.717, 1.165) is 5.56 Å². The lowest BCUT2D eigenvalue weighted by Crippen LogP contribution is -2.41. The molecule has 0 bridgehead atoms. The Balaban J connectivity index is 1.68. The van der Waals surface area contributed by atoms with Crippen LogP contribution in [0, 0.1) is 5.41 Å². The number of carbonyl (C=O) groups excluding carboxylic acids is 1. The quantitative estimate of drug-likeness (QED) is 0.467. The Morgan fingerprint density at radius 2 is 1.78 bits per heavy atom. The molecule has 0 unspecified atom stereocenters. The molecule has 2 aliphatic heterocycles. The van der Waals surface area contributed by atoms with Gasteiger partial charge in [-0.05, 0) is 51.2 Å². The van der Waals surface area contributed by atoms with Crippen LogP contribution in [0.25, 0.3) is 0 Å². The molecule has 11 nitrogen and oxygen atoms in total. The van der Waals surface area contributed by atoms with Crippen LogP contribution >= 0.6 is 15.9 Å². The molecule has 0 aromatic heterocycles. The van der Waals surface area contributed by atoms with Crippen molar-refractivity contribution >= 4 is 49.4 Å². The summed E-state index contributed by atoms with van der Waals surface area (Å²) in [7, 11) is -1.06. The zero-order chi connectivity index (χ0) is 26.4. The Morgan fingerprint density at radius 3 is 2.44 bits per heavy atom. The van der Waals surface area contributed by atoms with E-state index in [9.17, 15) is 18.3 Å². The highest BCUT2D eigenvalue weighted by atomic mass is 79.9. The molecule has 2 heterocycles. The molecule has 0 radical (unpaired) electrons. The number of amides is 1. The van der Waals surface area contributed by atoms with E-state index >= 15 is 0 Å². The SMILES string of the molecule is CN(C)C(=O)c1c(Br)ccc(NC2=NS(=O)(=O)N=C2N[C@@H](c2ccc3c(c2)OCO3)C(C)(C)C)c1O. The summed E-state index contributed by atoms with van der Waals surface area (Å²) in [5.74, 6) is 0.268. The standard InChI is InChI=1S/C23H26BrN5O6S/c1-23(2,3)19(12-6-9-15-16(10-12)35-11-34-15)26-21-20(27-36(32,33)28-21)25-14-8-7-13(24)17(18(14)30)22(31)29(4)5/h6-10,19,30H,11H2,1-5H3,(H,25,27)(H,26,28)/t19-/m0/s1. The van der Waals surface area contributed by atoms with Crippen molar-refractivity contribution in [1.29, 1.82) is 0 Å². The largest absolute Gasteiger partial charge is 0.505 e. The van der Waals surface area contributed by atoms with E-state index in [1.54, 1.807) is 26.2 Å². The van der Waals surface area contributed by atoms with Crippen molar-refractivity contribution in [2.24, 2.45) is 14.2 Å². The summed E-state index contributed by atoms with van der Waals surface area (Å²) >= 11 is 3.28. The van der Waals surface area contributed by atoms with Gasteiger partial charge in [0.1, 0.15) is 0 Å². The molecule has 0 fully saturated rings. The number of nitrogens with one attached hydrogen (secondary N) is 2. The fourth-order valence-electron chi connectivity index (χ4n) is 3.77. The number of benzene rings is 2. The van der Waals surface area contributed by atoms with E-state index in [-0.39, 0.29) is 35.5 Å². The fourth-order valence-corrected chi connectivity index (χ4v) is 5.03. The molecular weight excluding hydrogens is 554 g/mol. The monoisotopic (exact) mass is 579 g/mol. The Bertz CT molecular complexity index is 1400. The average molecular weight is 580 g/mol. The van der Waals surface area contributed by atoms with Gasteiger partial charge in [0.05, 0.1) is 17.3 Å². The second-order valence-electron chi connectivity index (χ2n) is 9.53. The molecule has 0 saturated carbocycles. The Kier molecular flexibility index (Phi) is 6.64. The second kappa shape index (κ2) is 9.28. The van der Waals surface area contributed by atoms with Crippen molar-refractivity contribution in [2.45, 2.75) is 26.8 Å². The third-order valence-corrected chi connectivity index (χ3v) is 7.00. The van der Waals surface area contributed by atoms with Crippen LogP contribution in [0.5, 0.6) is 17.2 Å². The number of ether oxygens (including phenoxy) is 2. The summed E-state index contributed by atoms with van der Waals surface area (Å²) in [6, 6.07) is 8.15. The molecule has 2 aromatic rings. The van der Waals surface area contributed by atoms with Gasteiger partial charge >= 0.3 is 10.2 Å². The maximum absolute atomic E-state index is 12.6. The molecule has 0 spiro atoms. The number of phenols is 1. The molecule has 1 atom stereocenters. The minimum absolute atomic E-state index is 0.0193. The van der Waals surface area contributed by atoms with Crippen molar-refractivity contribution in [2.75, 3.05) is 26.2 Å². The molecular formula is C23H26BrN5O6S. The van der Waals surface area contributed by atoms with Crippen molar-refractivity contribution in [3.05, 3.63) is 45.9 Å². The van der Waals surface area contributed by atoms with E-state index in [1.807, 2.05) is 32.9 Å². The van der Waals surface area contributed by atoms with Gasteiger partial charge in [-0.15, -0.1) is 8.80 Å². The number of amidine groups is 2. The van der Waals surface area contributed by atoms with Gasteiger partial charge in [-0.3, -0.25) is 4.79 Å².